The van der Waals surface area contributed by atoms with Crippen molar-refractivity contribution in [3.05, 3.63) is 29.3 Å². The molecule has 1 amide bonds. The van der Waals surface area contributed by atoms with Gasteiger partial charge in [-0.15, -0.1) is 0 Å². The van der Waals surface area contributed by atoms with Gasteiger partial charge in [-0.25, -0.2) is 0 Å². The van der Waals surface area contributed by atoms with E-state index in [-0.39, 0.29) is 12.1 Å². The molecule has 106 valence electrons. The minimum absolute atomic E-state index is 0.0246. The highest BCUT2D eigenvalue weighted by atomic mass is 16.5. The molecule has 0 heterocycles. The standard InChI is InChI=1S/C16H25NO2/c1-6-14-10-9-11-15(7-2)16(14)17(12(4)18)13(5)19-8-3/h9-11,13H,6-8H2,1-5H3. The zero-order chi connectivity index (χ0) is 14.4. The molecule has 1 rings (SSSR count). The van der Waals surface area contributed by atoms with E-state index in [1.54, 1.807) is 11.8 Å². The van der Waals surface area contributed by atoms with Crippen molar-refractivity contribution in [2.24, 2.45) is 0 Å². The monoisotopic (exact) mass is 263 g/mol. The lowest BCUT2D eigenvalue weighted by Gasteiger charge is -2.31. The normalized spacial score (nSPS) is 12.3. The van der Waals surface area contributed by atoms with Crippen LogP contribution in [-0.2, 0) is 22.4 Å². The van der Waals surface area contributed by atoms with Crippen LogP contribution in [0, 0.1) is 0 Å². The van der Waals surface area contributed by atoms with Crippen LogP contribution in [0.4, 0.5) is 5.69 Å². The molecule has 1 aromatic carbocycles. The fraction of sp³-hybridized carbons (Fsp3) is 0.562. The van der Waals surface area contributed by atoms with Gasteiger partial charge in [0.2, 0.25) is 5.91 Å². The van der Waals surface area contributed by atoms with Crippen molar-refractivity contribution >= 4 is 11.6 Å². The molecule has 19 heavy (non-hydrogen) atoms. The zero-order valence-electron chi connectivity index (χ0n) is 12.7. The Morgan fingerprint density at radius 2 is 1.74 bits per heavy atom. The number of nitrogens with zero attached hydrogens (tertiary/aromatic N) is 1. The van der Waals surface area contributed by atoms with Gasteiger partial charge in [-0.3, -0.25) is 9.69 Å². The third kappa shape index (κ3) is 3.57. The van der Waals surface area contributed by atoms with Crippen LogP contribution >= 0.6 is 0 Å². The van der Waals surface area contributed by atoms with E-state index in [1.807, 2.05) is 13.8 Å². The number of amides is 1. The maximum atomic E-state index is 12.0. The number of hydrogen-bond donors (Lipinski definition) is 0. The van der Waals surface area contributed by atoms with E-state index in [4.69, 9.17) is 4.74 Å². The van der Waals surface area contributed by atoms with E-state index in [2.05, 4.69) is 32.0 Å². The van der Waals surface area contributed by atoms with Gasteiger partial charge in [0.1, 0.15) is 6.23 Å². The molecule has 0 spiro atoms. The summed E-state index contributed by atoms with van der Waals surface area (Å²) in [6.45, 7) is 10.3. The SMILES string of the molecule is CCOC(C)N(C(C)=O)c1c(CC)cccc1CC. The minimum atomic E-state index is -0.236. The summed E-state index contributed by atoms with van der Waals surface area (Å²) in [6.07, 6.45) is 1.58. The molecule has 0 aliphatic carbocycles. The Kier molecular flexibility index (Phi) is 6.03. The highest BCUT2D eigenvalue weighted by molar-refractivity contribution is 5.93. The van der Waals surface area contributed by atoms with Gasteiger partial charge in [-0.1, -0.05) is 32.0 Å². The van der Waals surface area contributed by atoms with E-state index < -0.39 is 0 Å². The average Bonchev–Trinajstić information content (AvgIpc) is 2.39. The fourth-order valence-corrected chi connectivity index (χ4v) is 2.44. The Balaban J connectivity index is 3.32. The summed E-state index contributed by atoms with van der Waals surface area (Å²) in [7, 11) is 0. The van der Waals surface area contributed by atoms with Gasteiger partial charge in [0.25, 0.3) is 0 Å². The lowest BCUT2D eigenvalue weighted by Crippen LogP contribution is -2.40. The maximum absolute atomic E-state index is 12.0. The van der Waals surface area contributed by atoms with Crippen molar-refractivity contribution in [2.75, 3.05) is 11.5 Å². The topological polar surface area (TPSA) is 29.5 Å². The molecule has 1 atom stereocenters. The number of aryl methyl sites for hydroxylation is 2. The van der Waals surface area contributed by atoms with Gasteiger partial charge in [0.05, 0.1) is 5.69 Å². The van der Waals surface area contributed by atoms with E-state index in [0.717, 1.165) is 18.5 Å². The minimum Gasteiger partial charge on any atom is -0.359 e. The first-order valence-corrected chi connectivity index (χ1v) is 7.08. The van der Waals surface area contributed by atoms with Gasteiger partial charge >= 0.3 is 0 Å². The lowest BCUT2D eigenvalue weighted by atomic mass is 10.0. The van der Waals surface area contributed by atoms with E-state index in [9.17, 15) is 4.79 Å². The van der Waals surface area contributed by atoms with Crippen LogP contribution in [0.1, 0.15) is 45.7 Å². The third-order valence-electron chi connectivity index (χ3n) is 3.32. The molecule has 0 fully saturated rings. The van der Waals surface area contributed by atoms with Gasteiger partial charge in [-0.05, 0) is 37.8 Å². The Labute approximate surface area is 116 Å². The number of ether oxygens (including phenoxy) is 1. The molecule has 0 aliphatic rings. The number of benzene rings is 1. The second kappa shape index (κ2) is 7.29. The van der Waals surface area contributed by atoms with Crippen molar-refractivity contribution in [1.82, 2.24) is 0 Å². The van der Waals surface area contributed by atoms with Crippen molar-refractivity contribution in [3.63, 3.8) is 0 Å². The summed E-state index contributed by atoms with van der Waals surface area (Å²) in [5.74, 6) is 0.0246. The molecule has 3 heteroatoms. The second-order valence-corrected chi connectivity index (χ2v) is 4.58. The van der Waals surface area contributed by atoms with E-state index in [1.165, 1.54) is 11.1 Å². The molecular formula is C16H25NO2. The summed E-state index contributed by atoms with van der Waals surface area (Å²) in [5.41, 5.74) is 3.42. The van der Waals surface area contributed by atoms with E-state index in [0.29, 0.717) is 6.61 Å². The van der Waals surface area contributed by atoms with Gasteiger partial charge in [0, 0.05) is 13.5 Å². The molecule has 1 aromatic rings. The first kappa shape index (κ1) is 15.7. The Morgan fingerprint density at radius 1 is 1.21 bits per heavy atom. The van der Waals surface area contributed by atoms with E-state index >= 15 is 0 Å². The Bertz CT molecular complexity index is 407. The number of rotatable bonds is 6. The van der Waals surface area contributed by atoms with Crippen molar-refractivity contribution in [2.45, 2.75) is 53.7 Å². The number of hydrogen-bond acceptors (Lipinski definition) is 2. The summed E-state index contributed by atoms with van der Waals surface area (Å²) in [6, 6.07) is 6.23. The molecule has 1 unspecified atom stereocenters. The molecule has 0 radical (unpaired) electrons. The average molecular weight is 263 g/mol. The summed E-state index contributed by atoms with van der Waals surface area (Å²) in [5, 5.41) is 0. The largest absolute Gasteiger partial charge is 0.359 e. The number of para-hydroxylation sites is 1. The van der Waals surface area contributed by atoms with Crippen LogP contribution in [-0.4, -0.2) is 18.7 Å². The van der Waals surface area contributed by atoms with Gasteiger partial charge in [0.15, 0.2) is 0 Å². The molecule has 0 saturated heterocycles. The lowest BCUT2D eigenvalue weighted by molar-refractivity contribution is -0.119. The molecule has 0 aromatic heterocycles. The van der Waals surface area contributed by atoms with Crippen LogP contribution < -0.4 is 4.90 Å². The Morgan fingerprint density at radius 3 is 2.11 bits per heavy atom. The molecule has 0 N–H and O–H groups in total. The van der Waals surface area contributed by atoms with Crippen molar-refractivity contribution in [1.29, 1.82) is 0 Å². The maximum Gasteiger partial charge on any atom is 0.225 e. The highest BCUT2D eigenvalue weighted by Crippen LogP contribution is 2.29. The molecule has 0 aliphatic heterocycles. The molecule has 0 saturated carbocycles. The predicted molar refractivity (Wildman–Crippen MR) is 79.4 cm³/mol. The van der Waals surface area contributed by atoms with Crippen molar-refractivity contribution < 1.29 is 9.53 Å². The van der Waals surface area contributed by atoms with Gasteiger partial charge < -0.3 is 4.74 Å². The number of carbonyl (C=O) groups excluding carboxylic acids is 1. The second-order valence-electron chi connectivity index (χ2n) is 4.58. The zero-order valence-corrected chi connectivity index (χ0v) is 12.7. The van der Waals surface area contributed by atoms with Crippen LogP contribution in [0.5, 0.6) is 0 Å². The Hall–Kier alpha value is -1.35. The molecule has 0 bridgehead atoms. The van der Waals surface area contributed by atoms with Crippen LogP contribution in [0.2, 0.25) is 0 Å². The van der Waals surface area contributed by atoms with Crippen LogP contribution in [0.3, 0.4) is 0 Å². The smallest absolute Gasteiger partial charge is 0.225 e. The molecular weight excluding hydrogens is 238 g/mol. The first-order chi connectivity index (χ1) is 9.06. The summed E-state index contributed by atoms with van der Waals surface area (Å²) in [4.78, 5) is 13.8. The quantitative estimate of drug-likeness (QED) is 0.735. The highest BCUT2D eigenvalue weighted by Gasteiger charge is 2.23. The van der Waals surface area contributed by atoms with Crippen LogP contribution in [0.25, 0.3) is 0 Å². The number of carbonyl (C=O) groups is 1. The molecule has 3 nitrogen and oxygen atoms in total. The first-order valence-electron chi connectivity index (χ1n) is 7.08. The van der Waals surface area contributed by atoms with Crippen molar-refractivity contribution in [3.8, 4) is 0 Å². The predicted octanol–water partition coefficient (Wildman–Crippen LogP) is 3.55. The fourth-order valence-electron chi connectivity index (χ4n) is 2.44. The van der Waals surface area contributed by atoms with Gasteiger partial charge in [-0.2, -0.15) is 0 Å². The third-order valence-corrected chi connectivity index (χ3v) is 3.32. The van der Waals surface area contributed by atoms with Crippen LogP contribution in [0.15, 0.2) is 18.2 Å². The summed E-state index contributed by atoms with van der Waals surface area (Å²) >= 11 is 0. The number of anilines is 1. The summed E-state index contributed by atoms with van der Waals surface area (Å²) < 4.78 is 5.62.